The van der Waals surface area contributed by atoms with Gasteiger partial charge in [-0.25, -0.2) is 0 Å². The van der Waals surface area contributed by atoms with Gasteiger partial charge in [-0.05, 0) is 122 Å². The molecule has 0 bridgehead atoms. The van der Waals surface area contributed by atoms with E-state index in [-0.39, 0.29) is 38.0 Å². The smallest absolute Gasteiger partial charge is 0.310 e. The van der Waals surface area contributed by atoms with Gasteiger partial charge in [-0.3, -0.25) is 14.4 Å². The standard InChI is InChI=1S/C69H108O6/c1-4-7-10-13-16-19-22-25-28-29-30-31-32-33-34-35-36-37-38-39-42-44-47-50-53-56-59-62-68(71)74-65-66(75-69(72)63-60-57-54-51-48-45-41-27-24-21-18-15-12-9-6-3)64-73-67(70)61-58-55-52-49-46-43-40-26-23-20-17-14-11-8-5-2/h7-12,16-21,25-28,30-31,40-41,46,48-49,51,57,60,66H,4-6,13-15,22-24,29,32-39,42-45,47,50,52-56,58-59,61-65H2,1-3H3/b10-7-,11-8-,12-9-,19-16-,20-17-,21-18-,28-25-,31-30-,40-26-,41-27-,49-46-,51-48-,60-57-. The monoisotopic (exact) mass is 1030 g/mol. The van der Waals surface area contributed by atoms with Crippen LogP contribution < -0.4 is 0 Å². The first kappa shape index (κ1) is 70.0. The average molecular weight is 1030 g/mol. The van der Waals surface area contributed by atoms with Gasteiger partial charge in [0.25, 0.3) is 0 Å². The van der Waals surface area contributed by atoms with Crippen LogP contribution in [0.2, 0.25) is 0 Å². The molecule has 75 heavy (non-hydrogen) atoms. The second kappa shape index (κ2) is 61.6. The molecule has 0 rings (SSSR count). The summed E-state index contributed by atoms with van der Waals surface area (Å²) in [5.74, 6) is -1.12. The van der Waals surface area contributed by atoms with Crippen molar-refractivity contribution in [2.24, 2.45) is 0 Å². The highest BCUT2D eigenvalue weighted by atomic mass is 16.6. The second-order valence-electron chi connectivity index (χ2n) is 19.1. The molecular formula is C69H108O6. The molecule has 420 valence electrons. The zero-order chi connectivity index (χ0) is 54.3. The SMILES string of the molecule is CC/C=C\C/C=C\C/C=C\C/C=C\C/C=C\CC(=O)OC(COC(=O)CCCC/C=C\C/C=C\C/C=C\C/C=C\CC)COC(=O)CCCCCCCCCCCCCCCC/C=C\C/C=C\C/C=C\C/C=C\CC. The average Bonchev–Trinajstić information content (AvgIpc) is 3.41. The Morgan fingerprint density at radius 1 is 0.280 bits per heavy atom. The molecule has 0 radical (unpaired) electrons. The van der Waals surface area contributed by atoms with Gasteiger partial charge in [0.05, 0.1) is 6.42 Å². The van der Waals surface area contributed by atoms with Crippen LogP contribution in [0.3, 0.4) is 0 Å². The van der Waals surface area contributed by atoms with E-state index in [0.29, 0.717) is 19.3 Å². The largest absolute Gasteiger partial charge is 0.462 e. The molecule has 0 aliphatic heterocycles. The summed E-state index contributed by atoms with van der Waals surface area (Å²) in [5.41, 5.74) is 0. The van der Waals surface area contributed by atoms with Gasteiger partial charge in [0.1, 0.15) is 13.2 Å². The van der Waals surface area contributed by atoms with Gasteiger partial charge >= 0.3 is 17.9 Å². The molecule has 0 aromatic carbocycles. The van der Waals surface area contributed by atoms with Crippen LogP contribution in [0.15, 0.2) is 158 Å². The van der Waals surface area contributed by atoms with Crippen LogP contribution in [0.4, 0.5) is 0 Å². The number of carbonyl (C=O) groups excluding carboxylic acids is 3. The van der Waals surface area contributed by atoms with E-state index in [4.69, 9.17) is 14.2 Å². The maximum absolute atomic E-state index is 12.8. The van der Waals surface area contributed by atoms with Crippen molar-refractivity contribution in [3.05, 3.63) is 158 Å². The highest BCUT2D eigenvalue weighted by Crippen LogP contribution is 2.15. The first-order valence-corrected chi connectivity index (χ1v) is 30.0. The number of ether oxygens (including phenoxy) is 3. The van der Waals surface area contributed by atoms with Gasteiger partial charge in [-0.15, -0.1) is 0 Å². The molecule has 0 spiro atoms. The van der Waals surface area contributed by atoms with Crippen LogP contribution >= 0.6 is 0 Å². The van der Waals surface area contributed by atoms with Crippen molar-refractivity contribution in [1.29, 1.82) is 0 Å². The first-order chi connectivity index (χ1) is 37.0. The fourth-order valence-corrected chi connectivity index (χ4v) is 7.68. The Bertz CT molecular complexity index is 1710. The molecular weight excluding hydrogens is 925 g/mol. The van der Waals surface area contributed by atoms with E-state index in [0.717, 1.165) is 109 Å². The summed E-state index contributed by atoms with van der Waals surface area (Å²) in [4.78, 5) is 38.1. The number of hydrogen-bond acceptors (Lipinski definition) is 6. The maximum Gasteiger partial charge on any atom is 0.310 e. The predicted octanol–water partition coefficient (Wildman–Crippen LogP) is 20.5. The van der Waals surface area contributed by atoms with Crippen molar-refractivity contribution in [1.82, 2.24) is 0 Å². The zero-order valence-electron chi connectivity index (χ0n) is 48.0. The molecule has 1 unspecified atom stereocenters. The molecule has 0 N–H and O–H groups in total. The summed E-state index contributed by atoms with van der Waals surface area (Å²) in [6.45, 7) is 6.17. The number of esters is 3. The van der Waals surface area contributed by atoms with Gasteiger partial charge in [0.2, 0.25) is 0 Å². The maximum atomic E-state index is 12.8. The van der Waals surface area contributed by atoms with Gasteiger partial charge in [-0.2, -0.15) is 0 Å². The Balaban J connectivity index is 4.42. The molecule has 6 heteroatoms. The topological polar surface area (TPSA) is 78.9 Å². The third-order valence-corrected chi connectivity index (χ3v) is 12.0. The Morgan fingerprint density at radius 3 is 0.840 bits per heavy atom. The summed E-state index contributed by atoms with van der Waals surface area (Å²) in [6, 6.07) is 0. The van der Waals surface area contributed by atoms with E-state index in [2.05, 4.69) is 167 Å². The Labute approximate surface area is 460 Å². The van der Waals surface area contributed by atoms with Crippen LogP contribution in [-0.2, 0) is 28.6 Å². The van der Waals surface area contributed by atoms with E-state index in [9.17, 15) is 14.4 Å². The van der Waals surface area contributed by atoms with Gasteiger partial charge in [-0.1, -0.05) is 256 Å². The van der Waals surface area contributed by atoms with E-state index in [1.807, 2.05) is 6.08 Å². The minimum Gasteiger partial charge on any atom is -0.462 e. The molecule has 0 saturated heterocycles. The van der Waals surface area contributed by atoms with Crippen molar-refractivity contribution in [3.8, 4) is 0 Å². The molecule has 0 heterocycles. The normalized spacial score (nSPS) is 13.3. The lowest BCUT2D eigenvalue weighted by Crippen LogP contribution is -2.30. The van der Waals surface area contributed by atoms with Crippen molar-refractivity contribution >= 4 is 17.9 Å². The number of hydrogen-bond donors (Lipinski definition) is 0. The fraction of sp³-hybridized carbons (Fsp3) is 0.580. The molecule has 0 aliphatic rings. The summed E-state index contributed by atoms with van der Waals surface area (Å²) >= 11 is 0. The lowest BCUT2D eigenvalue weighted by atomic mass is 10.0. The van der Waals surface area contributed by atoms with Crippen LogP contribution in [-0.4, -0.2) is 37.2 Å². The molecule has 0 aliphatic carbocycles. The minimum absolute atomic E-state index is 0.0812. The van der Waals surface area contributed by atoms with Gasteiger partial charge < -0.3 is 14.2 Å². The fourth-order valence-electron chi connectivity index (χ4n) is 7.68. The molecule has 1 atom stereocenters. The number of carbonyl (C=O) groups is 3. The molecule has 0 aromatic heterocycles. The highest BCUT2D eigenvalue weighted by molar-refractivity contribution is 5.72. The number of rotatable bonds is 52. The summed E-state index contributed by atoms with van der Waals surface area (Å²) in [7, 11) is 0. The third-order valence-electron chi connectivity index (χ3n) is 12.0. The molecule has 0 aromatic rings. The van der Waals surface area contributed by atoms with E-state index >= 15 is 0 Å². The molecule has 0 fully saturated rings. The third kappa shape index (κ3) is 59.8. The summed E-state index contributed by atoms with van der Waals surface area (Å²) < 4.78 is 16.7. The minimum atomic E-state index is -0.857. The first-order valence-electron chi connectivity index (χ1n) is 30.0. The van der Waals surface area contributed by atoms with Crippen LogP contribution in [0, 0.1) is 0 Å². The lowest BCUT2D eigenvalue weighted by molar-refractivity contribution is -0.166. The quantitative estimate of drug-likeness (QED) is 0.0261. The molecule has 0 amide bonds. The molecule has 0 saturated carbocycles. The van der Waals surface area contributed by atoms with Crippen molar-refractivity contribution in [3.63, 3.8) is 0 Å². The van der Waals surface area contributed by atoms with Crippen LogP contribution in [0.25, 0.3) is 0 Å². The van der Waals surface area contributed by atoms with Crippen LogP contribution in [0.5, 0.6) is 0 Å². The molecule has 6 nitrogen and oxygen atoms in total. The van der Waals surface area contributed by atoms with E-state index in [1.54, 1.807) is 6.08 Å². The van der Waals surface area contributed by atoms with Crippen molar-refractivity contribution in [2.45, 2.75) is 245 Å². The van der Waals surface area contributed by atoms with E-state index in [1.165, 1.54) is 77.0 Å². The summed E-state index contributed by atoms with van der Waals surface area (Å²) in [5, 5.41) is 0. The predicted molar refractivity (Wildman–Crippen MR) is 325 cm³/mol. The van der Waals surface area contributed by atoms with Crippen molar-refractivity contribution in [2.75, 3.05) is 13.2 Å². The van der Waals surface area contributed by atoms with Crippen LogP contribution in [0.1, 0.15) is 239 Å². The summed E-state index contributed by atoms with van der Waals surface area (Å²) in [6.07, 6.45) is 89.9. The Kier molecular flexibility index (Phi) is 57.5. The van der Waals surface area contributed by atoms with Crippen molar-refractivity contribution < 1.29 is 28.6 Å². The van der Waals surface area contributed by atoms with E-state index < -0.39 is 12.1 Å². The number of unbranched alkanes of at least 4 members (excludes halogenated alkanes) is 16. The van der Waals surface area contributed by atoms with Gasteiger partial charge in [0.15, 0.2) is 6.10 Å². The lowest BCUT2D eigenvalue weighted by Gasteiger charge is -2.18. The Morgan fingerprint density at radius 2 is 0.520 bits per heavy atom. The Hall–Kier alpha value is -4.97. The zero-order valence-corrected chi connectivity index (χ0v) is 48.0. The van der Waals surface area contributed by atoms with Gasteiger partial charge in [0, 0.05) is 12.8 Å². The number of allylic oxidation sites excluding steroid dienone is 25. The highest BCUT2D eigenvalue weighted by Gasteiger charge is 2.19. The second-order valence-corrected chi connectivity index (χ2v) is 19.1.